The molecule has 4 nitrogen and oxygen atoms in total. The summed E-state index contributed by atoms with van der Waals surface area (Å²) in [5.41, 5.74) is 7.48. The van der Waals surface area contributed by atoms with Crippen molar-refractivity contribution in [3.05, 3.63) is 102 Å². The molecule has 5 rings (SSSR count). The van der Waals surface area contributed by atoms with E-state index in [1.165, 1.54) is 10.8 Å². The normalized spacial score (nSPS) is 11.7. The van der Waals surface area contributed by atoms with E-state index in [-0.39, 0.29) is 5.91 Å². The van der Waals surface area contributed by atoms with Crippen molar-refractivity contribution >= 4 is 38.9 Å². The van der Waals surface area contributed by atoms with Gasteiger partial charge in [-0.15, -0.1) is 0 Å². The molecule has 0 aliphatic heterocycles. The molecule has 1 N–H and O–H groups in total. The lowest BCUT2D eigenvalue weighted by Gasteiger charge is -2.13. The van der Waals surface area contributed by atoms with Crippen LogP contribution in [0.4, 0.5) is 5.69 Å². The monoisotopic (exact) mass is 475 g/mol. The van der Waals surface area contributed by atoms with Crippen molar-refractivity contribution in [1.82, 2.24) is 0 Å². The number of ether oxygens (including phenoxy) is 1. The second-order valence-electron chi connectivity index (χ2n) is 9.09. The van der Waals surface area contributed by atoms with Gasteiger partial charge in [-0.05, 0) is 72.9 Å². The standard InChI is InChI=1S/C32H29NO3/c1-5-35-30-18-31-27(28(19-36-31)25-12-8-10-23-9-6-7-11-24(23)25)17-26(30)22(4)16-32(34)33-29-15-20(2)13-14-21(29)3/h6-19H,5H2,1-4H3,(H,33,34)/b22-16+. The summed E-state index contributed by atoms with van der Waals surface area (Å²) in [5, 5.41) is 6.34. The Labute approximate surface area is 211 Å². The number of hydrogen-bond acceptors (Lipinski definition) is 3. The van der Waals surface area contributed by atoms with Crippen molar-refractivity contribution in [3.63, 3.8) is 0 Å². The van der Waals surface area contributed by atoms with Crippen LogP contribution in [0.2, 0.25) is 0 Å². The first kappa shape index (κ1) is 23.4. The average Bonchev–Trinajstić information content (AvgIpc) is 3.28. The second kappa shape index (κ2) is 9.74. The molecule has 1 amide bonds. The van der Waals surface area contributed by atoms with E-state index >= 15 is 0 Å². The summed E-state index contributed by atoms with van der Waals surface area (Å²) >= 11 is 0. The first-order valence-corrected chi connectivity index (χ1v) is 12.2. The van der Waals surface area contributed by atoms with Crippen LogP contribution in [0.15, 0.2) is 89.6 Å². The average molecular weight is 476 g/mol. The minimum absolute atomic E-state index is 0.176. The van der Waals surface area contributed by atoms with Crippen LogP contribution in [0.1, 0.15) is 30.5 Å². The molecule has 4 aromatic carbocycles. The molecule has 1 heterocycles. The lowest BCUT2D eigenvalue weighted by atomic mass is 9.96. The molecule has 4 heteroatoms. The van der Waals surface area contributed by atoms with Crippen LogP contribution in [0, 0.1) is 13.8 Å². The number of fused-ring (bicyclic) bond motifs is 2. The lowest BCUT2D eigenvalue weighted by Crippen LogP contribution is -2.10. The van der Waals surface area contributed by atoms with Gasteiger partial charge in [0.15, 0.2) is 0 Å². The van der Waals surface area contributed by atoms with Gasteiger partial charge < -0.3 is 14.5 Å². The predicted molar refractivity (Wildman–Crippen MR) is 149 cm³/mol. The molecular formula is C32H29NO3. The largest absolute Gasteiger partial charge is 0.493 e. The van der Waals surface area contributed by atoms with E-state index < -0.39 is 0 Å². The number of nitrogens with one attached hydrogen (secondary N) is 1. The van der Waals surface area contributed by atoms with Crippen molar-refractivity contribution in [1.29, 1.82) is 0 Å². The zero-order valence-electron chi connectivity index (χ0n) is 21.0. The van der Waals surface area contributed by atoms with Gasteiger partial charge >= 0.3 is 0 Å². The molecule has 0 aliphatic rings. The number of allylic oxidation sites excluding steroid dienone is 1. The Morgan fingerprint density at radius 2 is 1.75 bits per heavy atom. The molecule has 0 aliphatic carbocycles. The molecule has 1 aromatic heterocycles. The third-order valence-electron chi connectivity index (χ3n) is 6.48. The van der Waals surface area contributed by atoms with Gasteiger partial charge in [-0.2, -0.15) is 0 Å². The number of aryl methyl sites for hydroxylation is 2. The van der Waals surface area contributed by atoms with E-state index in [1.807, 2.05) is 64.1 Å². The SMILES string of the molecule is CCOc1cc2occ(-c3cccc4ccccc34)c2cc1/C(C)=C/C(=O)Nc1cc(C)ccc1C. The van der Waals surface area contributed by atoms with Gasteiger partial charge in [0.25, 0.3) is 0 Å². The highest BCUT2D eigenvalue weighted by Crippen LogP contribution is 2.39. The Balaban J connectivity index is 1.58. The number of benzene rings is 4. The van der Waals surface area contributed by atoms with E-state index in [4.69, 9.17) is 9.15 Å². The highest BCUT2D eigenvalue weighted by atomic mass is 16.5. The summed E-state index contributed by atoms with van der Waals surface area (Å²) in [6.07, 6.45) is 3.43. The number of rotatable bonds is 6. The zero-order chi connectivity index (χ0) is 25.2. The number of amides is 1. The van der Waals surface area contributed by atoms with Crippen LogP contribution >= 0.6 is 0 Å². The number of hydrogen-bond donors (Lipinski definition) is 1. The van der Waals surface area contributed by atoms with Crippen LogP contribution in [0.25, 0.3) is 38.4 Å². The topological polar surface area (TPSA) is 51.5 Å². The van der Waals surface area contributed by atoms with Crippen LogP contribution in [0.3, 0.4) is 0 Å². The fourth-order valence-corrected chi connectivity index (χ4v) is 4.62. The lowest BCUT2D eigenvalue weighted by molar-refractivity contribution is -0.111. The number of carbonyl (C=O) groups is 1. The van der Waals surface area contributed by atoms with Gasteiger partial charge in [-0.3, -0.25) is 4.79 Å². The first-order valence-electron chi connectivity index (χ1n) is 12.2. The van der Waals surface area contributed by atoms with Gasteiger partial charge in [0.05, 0.1) is 12.9 Å². The Hall–Kier alpha value is -4.31. The van der Waals surface area contributed by atoms with Crippen molar-refractivity contribution in [2.45, 2.75) is 27.7 Å². The van der Waals surface area contributed by atoms with Gasteiger partial charge in [0, 0.05) is 34.3 Å². The number of carbonyl (C=O) groups excluding carboxylic acids is 1. The van der Waals surface area contributed by atoms with Crippen LogP contribution in [-0.4, -0.2) is 12.5 Å². The molecule has 0 spiro atoms. The van der Waals surface area contributed by atoms with Crippen LogP contribution in [-0.2, 0) is 4.79 Å². The molecule has 0 bridgehead atoms. The molecule has 0 radical (unpaired) electrons. The Bertz CT molecular complexity index is 1620. The molecule has 5 aromatic rings. The fourth-order valence-electron chi connectivity index (χ4n) is 4.62. The molecule has 36 heavy (non-hydrogen) atoms. The summed E-state index contributed by atoms with van der Waals surface area (Å²) in [4.78, 5) is 12.9. The zero-order valence-corrected chi connectivity index (χ0v) is 21.0. The molecular weight excluding hydrogens is 446 g/mol. The third-order valence-corrected chi connectivity index (χ3v) is 6.48. The van der Waals surface area contributed by atoms with E-state index in [1.54, 1.807) is 12.3 Å². The van der Waals surface area contributed by atoms with Crippen molar-refractivity contribution in [3.8, 4) is 16.9 Å². The number of furan rings is 1. The maximum absolute atomic E-state index is 12.9. The van der Waals surface area contributed by atoms with Gasteiger partial charge in [-0.1, -0.05) is 54.6 Å². The van der Waals surface area contributed by atoms with Gasteiger partial charge in [0.2, 0.25) is 5.91 Å². The minimum atomic E-state index is -0.176. The summed E-state index contributed by atoms with van der Waals surface area (Å²) in [6.45, 7) is 8.39. The fraction of sp³-hybridized carbons (Fsp3) is 0.156. The van der Waals surface area contributed by atoms with Gasteiger partial charge in [0.1, 0.15) is 11.3 Å². The maximum Gasteiger partial charge on any atom is 0.248 e. The summed E-state index contributed by atoms with van der Waals surface area (Å²) in [5.74, 6) is 0.516. The van der Waals surface area contributed by atoms with E-state index in [0.29, 0.717) is 12.4 Å². The van der Waals surface area contributed by atoms with E-state index in [0.717, 1.165) is 50.0 Å². The Morgan fingerprint density at radius 1 is 0.944 bits per heavy atom. The maximum atomic E-state index is 12.9. The van der Waals surface area contributed by atoms with E-state index in [2.05, 4.69) is 41.7 Å². The minimum Gasteiger partial charge on any atom is -0.493 e. The Morgan fingerprint density at radius 3 is 2.58 bits per heavy atom. The van der Waals surface area contributed by atoms with E-state index in [9.17, 15) is 4.79 Å². The predicted octanol–water partition coefficient (Wildman–Crippen LogP) is 8.31. The molecule has 0 saturated heterocycles. The molecule has 0 unspecified atom stereocenters. The highest BCUT2D eigenvalue weighted by Gasteiger charge is 2.16. The van der Waals surface area contributed by atoms with Crippen molar-refractivity contribution in [2.24, 2.45) is 0 Å². The smallest absolute Gasteiger partial charge is 0.248 e. The molecule has 0 fully saturated rings. The van der Waals surface area contributed by atoms with Crippen molar-refractivity contribution in [2.75, 3.05) is 11.9 Å². The molecule has 0 saturated carbocycles. The summed E-state index contributed by atoms with van der Waals surface area (Å²) < 4.78 is 11.9. The Kier molecular flexibility index (Phi) is 6.34. The highest BCUT2D eigenvalue weighted by molar-refractivity contribution is 6.07. The van der Waals surface area contributed by atoms with Crippen molar-refractivity contribution < 1.29 is 13.9 Å². The first-order chi connectivity index (χ1) is 17.4. The third kappa shape index (κ3) is 4.50. The number of anilines is 1. The van der Waals surface area contributed by atoms with Crippen LogP contribution in [0.5, 0.6) is 5.75 Å². The quantitative estimate of drug-likeness (QED) is 0.251. The molecule has 180 valence electrons. The summed E-state index contributed by atoms with van der Waals surface area (Å²) in [6, 6.07) is 24.6. The molecule has 0 atom stereocenters. The second-order valence-corrected chi connectivity index (χ2v) is 9.09. The van der Waals surface area contributed by atoms with Crippen LogP contribution < -0.4 is 10.1 Å². The summed E-state index contributed by atoms with van der Waals surface area (Å²) in [7, 11) is 0. The van der Waals surface area contributed by atoms with Gasteiger partial charge in [-0.25, -0.2) is 0 Å².